The number of hydrogen-bond donors (Lipinski definition) is 1. The van der Waals surface area contributed by atoms with Crippen LogP contribution in [0.3, 0.4) is 0 Å². The van der Waals surface area contributed by atoms with Crippen LogP contribution in [0.5, 0.6) is 0 Å². The van der Waals surface area contributed by atoms with Gasteiger partial charge in [0, 0.05) is 25.3 Å². The molecule has 3 nitrogen and oxygen atoms in total. The molecular weight excluding hydrogens is 264 g/mol. The van der Waals surface area contributed by atoms with Crippen molar-refractivity contribution in [2.24, 2.45) is 0 Å². The van der Waals surface area contributed by atoms with Crippen molar-refractivity contribution in [2.45, 2.75) is 31.9 Å². The average Bonchev–Trinajstić information content (AvgIpc) is 2.90. The van der Waals surface area contributed by atoms with Gasteiger partial charge in [-0.1, -0.05) is 0 Å². The lowest BCUT2D eigenvalue weighted by atomic mass is 10.1. The molecule has 1 fully saturated rings. The average molecular weight is 285 g/mol. The van der Waals surface area contributed by atoms with Crippen LogP contribution in [0.15, 0.2) is 18.2 Å². The van der Waals surface area contributed by atoms with Crippen molar-refractivity contribution >= 4 is 0 Å². The van der Waals surface area contributed by atoms with E-state index in [9.17, 15) is 8.78 Å². The number of halogens is 2. The zero-order valence-electron chi connectivity index (χ0n) is 11.7. The van der Waals surface area contributed by atoms with Gasteiger partial charge < -0.3 is 14.8 Å². The highest BCUT2D eigenvalue weighted by Gasteiger charge is 2.15. The summed E-state index contributed by atoms with van der Waals surface area (Å²) >= 11 is 0. The van der Waals surface area contributed by atoms with Crippen LogP contribution in [0.4, 0.5) is 8.78 Å². The highest BCUT2D eigenvalue weighted by molar-refractivity contribution is 5.20. The second-order valence-electron chi connectivity index (χ2n) is 5.09. The molecule has 0 amide bonds. The van der Waals surface area contributed by atoms with Crippen molar-refractivity contribution in [3.05, 3.63) is 35.4 Å². The number of benzene rings is 1. The fraction of sp³-hybridized carbons (Fsp3) is 0.600. The van der Waals surface area contributed by atoms with E-state index in [4.69, 9.17) is 9.47 Å². The molecule has 5 heteroatoms. The molecule has 1 aromatic carbocycles. The Labute approximate surface area is 118 Å². The van der Waals surface area contributed by atoms with Crippen LogP contribution in [0.1, 0.15) is 31.4 Å². The number of ether oxygens (including phenoxy) is 2. The zero-order chi connectivity index (χ0) is 14.4. The van der Waals surface area contributed by atoms with E-state index in [0.717, 1.165) is 25.5 Å². The van der Waals surface area contributed by atoms with Gasteiger partial charge in [0.15, 0.2) is 0 Å². The van der Waals surface area contributed by atoms with Crippen molar-refractivity contribution < 1.29 is 18.3 Å². The number of rotatable bonds is 7. The Morgan fingerprint density at radius 2 is 2.10 bits per heavy atom. The van der Waals surface area contributed by atoms with Gasteiger partial charge in [0.25, 0.3) is 0 Å². The fourth-order valence-electron chi connectivity index (χ4n) is 2.28. The van der Waals surface area contributed by atoms with Crippen molar-refractivity contribution in [3.63, 3.8) is 0 Å². The lowest BCUT2D eigenvalue weighted by Gasteiger charge is -2.15. The second kappa shape index (κ2) is 7.67. The highest BCUT2D eigenvalue weighted by Crippen LogP contribution is 2.15. The van der Waals surface area contributed by atoms with Gasteiger partial charge in [-0.15, -0.1) is 0 Å². The summed E-state index contributed by atoms with van der Waals surface area (Å²) in [5, 5.41) is 3.18. The summed E-state index contributed by atoms with van der Waals surface area (Å²) in [4.78, 5) is 0. The van der Waals surface area contributed by atoms with E-state index in [1.807, 2.05) is 6.92 Å². The van der Waals surface area contributed by atoms with Gasteiger partial charge in [0.2, 0.25) is 0 Å². The molecule has 1 heterocycles. The Bertz CT molecular complexity index is 402. The molecule has 1 aliphatic heterocycles. The first-order valence-electron chi connectivity index (χ1n) is 7.04. The van der Waals surface area contributed by atoms with Gasteiger partial charge >= 0.3 is 0 Å². The third-order valence-electron chi connectivity index (χ3n) is 3.41. The number of nitrogens with one attached hydrogen (secondary N) is 1. The minimum Gasteiger partial charge on any atom is -0.377 e. The SMILES string of the molecule is C[C@@H](NCCOC[C@H]1CCCO1)c1cc(F)cc(F)c1. The van der Waals surface area contributed by atoms with Gasteiger partial charge in [0.05, 0.1) is 19.3 Å². The Balaban J connectivity index is 1.65. The highest BCUT2D eigenvalue weighted by atomic mass is 19.1. The van der Waals surface area contributed by atoms with E-state index in [-0.39, 0.29) is 12.1 Å². The monoisotopic (exact) mass is 285 g/mol. The lowest BCUT2D eigenvalue weighted by Crippen LogP contribution is -2.25. The maximum atomic E-state index is 13.1. The summed E-state index contributed by atoms with van der Waals surface area (Å²) < 4.78 is 37.2. The van der Waals surface area contributed by atoms with Crippen molar-refractivity contribution in [1.82, 2.24) is 5.32 Å². The summed E-state index contributed by atoms with van der Waals surface area (Å²) in [6.07, 6.45) is 2.39. The minimum atomic E-state index is -0.553. The first-order valence-corrected chi connectivity index (χ1v) is 7.04. The van der Waals surface area contributed by atoms with Crippen molar-refractivity contribution in [1.29, 1.82) is 0 Å². The molecule has 0 aromatic heterocycles. The smallest absolute Gasteiger partial charge is 0.126 e. The van der Waals surface area contributed by atoms with E-state index in [1.165, 1.54) is 12.1 Å². The van der Waals surface area contributed by atoms with Gasteiger partial charge in [-0.05, 0) is 37.5 Å². The molecule has 1 N–H and O–H groups in total. The molecule has 1 aliphatic rings. The normalized spacial score (nSPS) is 20.2. The second-order valence-corrected chi connectivity index (χ2v) is 5.09. The summed E-state index contributed by atoms with van der Waals surface area (Å²) in [5.74, 6) is -1.11. The van der Waals surface area contributed by atoms with Crippen LogP contribution >= 0.6 is 0 Å². The maximum absolute atomic E-state index is 13.1. The topological polar surface area (TPSA) is 30.5 Å². The third-order valence-corrected chi connectivity index (χ3v) is 3.41. The van der Waals surface area contributed by atoms with Crippen LogP contribution in [-0.4, -0.2) is 32.5 Å². The molecule has 1 aromatic rings. The van der Waals surface area contributed by atoms with Gasteiger partial charge in [-0.3, -0.25) is 0 Å². The van der Waals surface area contributed by atoms with Gasteiger partial charge in [-0.2, -0.15) is 0 Å². The molecule has 112 valence electrons. The molecule has 0 unspecified atom stereocenters. The van der Waals surface area contributed by atoms with Crippen molar-refractivity contribution in [2.75, 3.05) is 26.4 Å². The minimum absolute atomic E-state index is 0.119. The largest absolute Gasteiger partial charge is 0.377 e. The molecule has 20 heavy (non-hydrogen) atoms. The van der Waals surface area contributed by atoms with Gasteiger partial charge in [0.1, 0.15) is 11.6 Å². The Morgan fingerprint density at radius 3 is 2.75 bits per heavy atom. The summed E-state index contributed by atoms with van der Waals surface area (Å²) in [6, 6.07) is 3.44. The quantitative estimate of drug-likeness (QED) is 0.781. The molecule has 0 aliphatic carbocycles. The molecule has 0 spiro atoms. The van der Waals surface area contributed by atoms with E-state index >= 15 is 0 Å². The van der Waals surface area contributed by atoms with Crippen LogP contribution < -0.4 is 5.32 Å². The molecule has 0 radical (unpaired) electrons. The standard InChI is InChI=1S/C15H21F2NO2/c1-11(12-7-13(16)9-14(17)8-12)18-4-6-19-10-15-3-2-5-20-15/h7-9,11,15,18H,2-6,10H2,1H3/t11-,15-/m1/s1. The van der Waals surface area contributed by atoms with E-state index in [2.05, 4.69) is 5.32 Å². The molecule has 0 bridgehead atoms. The molecule has 0 saturated carbocycles. The van der Waals surface area contributed by atoms with Crippen LogP contribution in [0.25, 0.3) is 0 Å². The zero-order valence-corrected chi connectivity index (χ0v) is 11.7. The molecule has 2 rings (SSSR count). The summed E-state index contributed by atoms with van der Waals surface area (Å²) in [5.41, 5.74) is 0.599. The van der Waals surface area contributed by atoms with E-state index in [0.29, 0.717) is 25.3 Å². The Hall–Kier alpha value is -1.04. The van der Waals surface area contributed by atoms with Crippen LogP contribution in [0.2, 0.25) is 0 Å². The summed E-state index contributed by atoms with van der Waals surface area (Å²) in [7, 11) is 0. The predicted octanol–water partition coefficient (Wildman–Crippen LogP) is 2.81. The van der Waals surface area contributed by atoms with Crippen LogP contribution in [-0.2, 0) is 9.47 Å². The van der Waals surface area contributed by atoms with E-state index in [1.54, 1.807) is 0 Å². The first kappa shape index (κ1) is 15.4. The third kappa shape index (κ3) is 4.81. The van der Waals surface area contributed by atoms with Crippen LogP contribution in [0, 0.1) is 11.6 Å². The molecule has 2 atom stereocenters. The molecule has 1 saturated heterocycles. The summed E-state index contributed by atoms with van der Waals surface area (Å²) in [6.45, 7) is 4.50. The maximum Gasteiger partial charge on any atom is 0.126 e. The predicted molar refractivity (Wildman–Crippen MR) is 72.6 cm³/mol. The van der Waals surface area contributed by atoms with Gasteiger partial charge in [-0.25, -0.2) is 8.78 Å². The first-order chi connectivity index (χ1) is 9.65. The fourth-order valence-corrected chi connectivity index (χ4v) is 2.28. The lowest BCUT2D eigenvalue weighted by molar-refractivity contribution is 0.0179. The Kier molecular flexibility index (Phi) is 5.88. The number of hydrogen-bond acceptors (Lipinski definition) is 3. The van der Waals surface area contributed by atoms with Crippen molar-refractivity contribution in [3.8, 4) is 0 Å². The molecular formula is C15H21F2NO2. The van der Waals surface area contributed by atoms with E-state index < -0.39 is 11.6 Å². The Morgan fingerprint density at radius 1 is 1.35 bits per heavy atom.